The van der Waals surface area contributed by atoms with E-state index in [1.54, 1.807) is 6.92 Å². The molecule has 68 valence electrons. The van der Waals surface area contributed by atoms with Gasteiger partial charge in [0.05, 0.1) is 0 Å². The number of fused-ring (bicyclic) bond motifs is 1. The van der Waals surface area contributed by atoms with Crippen molar-refractivity contribution in [3.63, 3.8) is 0 Å². The van der Waals surface area contributed by atoms with Gasteiger partial charge >= 0.3 is 0 Å². The largest absolute Gasteiger partial charge is 0.295 e. The number of ketones is 1. The van der Waals surface area contributed by atoms with Crippen LogP contribution in [0.25, 0.3) is 0 Å². The fourth-order valence-electron chi connectivity index (χ4n) is 1.98. The van der Waals surface area contributed by atoms with E-state index in [0.717, 1.165) is 18.4 Å². The molecule has 0 heterocycles. The van der Waals surface area contributed by atoms with Crippen LogP contribution in [0.15, 0.2) is 12.1 Å². The predicted octanol–water partition coefficient (Wildman–Crippen LogP) is 2.98. The van der Waals surface area contributed by atoms with Crippen LogP contribution in [0.4, 0.5) is 0 Å². The molecule has 0 atom stereocenters. The molecule has 1 aliphatic rings. The average Bonchev–Trinajstić information content (AvgIpc) is 2.49. The molecule has 0 aromatic heterocycles. The quantitative estimate of drug-likeness (QED) is 0.573. The van der Waals surface area contributed by atoms with Gasteiger partial charge in [0.2, 0.25) is 0 Å². The lowest BCUT2D eigenvalue weighted by Gasteiger charge is -2.05. The molecule has 13 heavy (non-hydrogen) atoms. The normalized spacial score (nSPS) is 14.3. The Balaban J connectivity index is 2.62. The second kappa shape index (κ2) is 3.40. The fourth-order valence-corrected chi connectivity index (χ4v) is 2.67. The minimum Gasteiger partial charge on any atom is -0.295 e. The van der Waals surface area contributed by atoms with Crippen LogP contribution in [0.1, 0.15) is 34.8 Å². The standard InChI is InChI=1S/C11H11IO/c1-7(13)11-6-9(12)5-8-3-2-4-10(8)11/h5-6H,2-4H2,1H3. The molecule has 0 saturated carbocycles. The number of Topliss-reactive ketones (excluding diaryl/α,β-unsaturated/α-hetero) is 1. The topological polar surface area (TPSA) is 17.1 Å². The van der Waals surface area contributed by atoms with Gasteiger partial charge in [0.25, 0.3) is 0 Å². The Bertz CT molecular complexity index is 369. The van der Waals surface area contributed by atoms with Crippen molar-refractivity contribution in [1.29, 1.82) is 0 Å². The highest BCUT2D eigenvalue weighted by atomic mass is 127. The third-order valence-electron chi connectivity index (χ3n) is 2.56. The fraction of sp³-hybridized carbons (Fsp3) is 0.364. The number of carbonyl (C=O) groups is 1. The molecule has 0 amide bonds. The zero-order valence-electron chi connectivity index (χ0n) is 7.56. The zero-order chi connectivity index (χ0) is 9.42. The molecule has 1 nitrogen and oxygen atoms in total. The summed E-state index contributed by atoms with van der Waals surface area (Å²) in [5.41, 5.74) is 3.63. The molecule has 1 aromatic rings. The monoisotopic (exact) mass is 286 g/mol. The molecule has 0 aliphatic heterocycles. The summed E-state index contributed by atoms with van der Waals surface area (Å²) in [5.74, 6) is 0.205. The van der Waals surface area contributed by atoms with E-state index >= 15 is 0 Å². The Kier molecular flexibility index (Phi) is 2.41. The lowest BCUT2D eigenvalue weighted by atomic mass is 10.0. The first kappa shape index (κ1) is 9.19. The van der Waals surface area contributed by atoms with Gasteiger partial charge in [-0.25, -0.2) is 0 Å². The molecular formula is C11H11IO. The zero-order valence-corrected chi connectivity index (χ0v) is 9.72. The van der Waals surface area contributed by atoms with Crippen molar-refractivity contribution >= 4 is 28.4 Å². The highest BCUT2D eigenvalue weighted by molar-refractivity contribution is 14.1. The molecular weight excluding hydrogens is 275 g/mol. The number of benzene rings is 1. The maximum atomic E-state index is 11.4. The molecule has 1 aliphatic carbocycles. The second-order valence-corrected chi connectivity index (χ2v) is 4.75. The van der Waals surface area contributed by atoms with Gasteiger partial charge in [-0.3, -0.25) is 4.79 Å². The summed E-state index contributed by atoms with van der Waals surface area (Å²) in [6.45, 7) is 1.66. The smallest absolute Gasteiger partial charge is 0.160 e. The minimum atomic E-state index is 0.205. The Morgan fingerprint density at radius 1 is 1.38 bits per heavy atom. The van der Waals surface area contributed by atoms with Crippen LogP contribution in [0, 0.1) is 3.57 Å². The van der Waals surface area contributed by atoms with Crippen molar-refractivity contribution in [1.82, 2.24) is 0 Å². The first-order valence-corrected chi connectivity index (χ1v) is 5.58. The predicted molar refractivity (Wildman–Crippen MR) is 61.2 cm³/mol. The molecule has 0 fully saturated rings. The number of hydrogen-bond donors (Lipinski definition) is 0. The Morgan fingerprint density at radius 3 is 2.85 bits per heavy atom. The van der Waals surface area contributed by atoms with Crippen molar-refractivity contribution in [2.75, 3.05) is 0 Å². The summed E-state index contributed by atoms with van der Waals surface area (Å²) in [4.78, 5) is 11.4. The van der Waals surface area contributed by atoms with Gasteiger partial charge in [0, 0.05) is 9.13 Å². The van der Waals surface area contributed by atoms with Crippen LogP contribution in [0.3, 0.4) is 0 Å². The number of aryl methyl sites for hydroxylation is 1. The number of rotatable bonds is 1. The summed E-state index contributed by atoms with van der Waals surface area (Å²) < 4.78 is 1.18. The van der Waals surface area contributed by atoms with Crippen molar-refractivity contribution in [3.05, 3.63) is 32.4 Å². The van der Waals surface area contributed by atoms with Gasteiger partial charge < -0.3 is 0 Å². The second-order valence-electron chi connectivity index (χ2n) is 3.50. The summed E-state index contributed by atoms with van der Waals surface area (Å²) in [6, 6.07) is 4.21. The SMILES string of the molecule is CC(=O)c1cc(I)cc2c1CCC2. The molecule has 0 N–H and O–H groups in total. The van der Waals surface area contributed by atoms with Crippen LogP contribution in [0.5, 0.6) is 0 Å². The number of halogens is 1. The third-order valence-corrected chi connectivity index (χ3v) is 3.18. The van der Waals surface area contributed by atoms with E-state index in [4.69, 9.17) is 0 Å². The van der Waals surface area contributed by atoms with E-state index in [9.17, 15) is 4.79 Å². The molecule has 0 unspecified atom stereocenters. The van der Waals surface area contributed by atoms with Crippen LogP contribution < -0.4 is 0 Å². The van der Waals surface area contributed by atoms with Crippen LogP contribution in [-0.2, 0) is 12.8 Å². The van der Waals surface area contributed by atoms with E-state index in [0.29, 0.717) is 0 Å². The van der Waals surface area contributed by atoms with E-state index < -0.39 is 0 Å². The lowest BCUT2D eigenvalue weighted by Crippen LogP contribution is -1.99. The minimum absolute atomic E-state index is 0.205. The van der Waals surface area contributed by atoms with Gasteiger partial charge in [-0.2, -0.15) is 0 Å². The summed E-state index contributed by atoms with van der Waals surface area (Å²) in [7, 11) is 0. The van der Waals surface area contributed by atoms with Crippen LogP contribution >= 0.6 is 22.6 Å². The molecule has 0 bridgehead atoms. The molecule has 0 radical (unpaired) electrons. The van der Waals surface area contributed by atoms with Crippen molar-refractivity contribution in [2.24, 2.45) is 0 Å². The maximum absolute atomic E-state index is 11.4. The van der Waals surface area contributed by atoms with Gasteiger partial charge in [0.1, 0.15) is 0 Å². The number of carbonyl (C=O) groups excluding carboxylic acids is 1. The Hall–Kier alpha value is -0.380. The summed E-state index contributed by atoms with van der Waals surface area (Å²) in [6.07, 6.45) is 3.43. The molecule has 0 saturated heterocycles. The van der Waals surface area contributed by atoms with Crippen molar-refractivity contribution < 1.29 is 4.79 Å². The van der Waals surface area contributed by atoms with E-state index in [-0.39, 0.29) is 5.78 Å². The van der Waals surface area contributed by atoms with Gasteiger partial charge in [-0.15, -0.1) is 0 Å². The van der Waals surface area contributed by atoms with Crippen LogP contribution in [-0.4, -0.2) is 5.78 Å². The molecule has 2 heteroatoms. The van der Waals surface area contributed by atoms with Crippen molar-refractivity contribution in [3.8, 4) is 0 Å². The van der Waals surface area contributed by atoms with E-state index in [1.807, 2.05) is 6.07 Å². The maximum Gasteiger partial charge on any atom is 0.160 e. The lowest BCUT2D eigenvalue weighted by molar-refractivity contribution is 0.101. The van der Waals surface area contributed by atoms with Gasteiger partial charge in [-0.05, 0) is 72.0 Å². The third kappa shape index (κ3) is 1.64. The first-order valence-electron chi connectivity index (χ1n) is 4.50. The Morgan fingerprint density at radius 2 is 2.15 bits per heavy atom. The average molecular weight is 286 g/mol. The number of hydrogen-bond acceptors (Lipinski definition) is 1. The summed E-state index contributed by atoms with van der Waals surface area (Å²) in [5, 5.41) is 0. The first-order chi connectivity index (χ1) is 6.18. The highest BCUT2D eigenvalue weighted by Gasteiger charge is 2.17. The summed E-state index contributed by atoms with van der Waals surface area (Å²) >= 11 is 2.28. The van der Waals surface area contributed by atoms with Crippen molar-refractivity contribution in [2.45, 2.75) is 26.2 Å². The molecule has 0 spiro atoms. The van der Waals surface area contributed by atoms with Crippen LogP contribution in [0.2, 0.25) is 0 Å². The van der Waals surface area contributed by atoms with E-state index in [2.05, 4.69) is 28.7 Å². The van der Waals surface area contributed by atoms with E-state index in [1.165, 1.54) is 21.1 Å². The van der Waals surface area contributed by atoms with Gasteiger partial charge in [0.15, 0.2) is 5.78 Å². The van der Waals surface area contributed by atoms with Gasteiger partial charge in [-0.1, -0.05) is 0 Å². The molecule has 2 rings (SSSR count). The Labute approximate surface area is 91.7 Å². The highest BCUT2D eigenvalue weighted by Crippen LogP contribution is 2.27. The molecule has 1 aromatic carbocycles.